The minimum atomic E-state index is -0.465. The summed E-state index contributed by atoms with van der Waals surface area (Å²) >= 11 is 0. The second-order valence-corrected chi connectivity index (χ2v) is 7.04. The molecule has 0 bridgehead atoms. The average Bonchev–Trinajstić information content (AvgIpc) is 2.68. The lowest BCUT2D eigenvalue weighted by Gasteiger charge is -2.26. The van der Waals surface area contributed by atoms with E-state index in [4.69, 9.17) is 0 Å². The molecule has 1 aliphatic rings. The molecule has 6 nitrogen and oxygen atoms in total. The zero-order chi connectivity index (χ0) is 19.2. The van der Waals surface area contributed by atoms with Crippen LogP contribution in [0.5, 0.6) is 0 Å². The summed E-state index contributed by atoms with van der Waals surface area (Å²) in [7, 11) is 0. The van der Waals surface area contributed by atoms with Crippen LogP contribution in [0.4, 0.5) is 5.69 Å². The van der Waals surface area contributed by atoms with Gasteiger partial charge in [0.15, 0.2) is 0 Å². The number of nitro groups is 1. The predicted molar refractivity (Wildman–Crippen MR) is 105 cm³/mol. The summed E-state index contributed by atoms with van der Waals surface area (Å²) in [5.74, 6) is -0.298. The van der Waals surface area contributed by atoms with Gasteiger partial charge < -0.3 is 5.32 Å². The number of amides is 1. The summed E-state index contributed by atoms with van der Waals surface area (Å²) in [6.45, 7) is 5.30. The molecule has 142 valence electrons. The Kier molecular flexibility index (Phi) is 6.19. The van der Waals surface area contributed by atoms with Crippen LogP contribution in [0.3, 0.4) is 0 Å². The van der Waals surface area contributed by atoms with Crippen molar-refractivity contribution in [2.45, 2.75) is 39.3 Å². The van der Waals surface area contributed by atoms with E-state index in [2.05, 4.69) is 22.3 Å². The Hall–Kier alpha value is -2.73. The van der Waals surface area contributed by atoms with Crippen LogP contribution in [0.2, 0.25) is 0 Å². The lowest BCUT2D eigenvalue weighted by Crippen LogP contribution is -2.29. The molecule has 0 aliphatic carbocycles. The monoisotopic (exact) mass is 367 g/mol. The first kappa shape index (κ1) is 19.0. The molecule has 1 N–H and O–H groups in total. The van der Waals surface area contributed by atoms with Gasteiger partial charge in [-0.15, -0.1) is 0 Å². The summed E-state index contributed by atoms with van der Waals surface area (Å²) in [5, 5.41) is 13.9. The van der Waals surface area contributed by atoms with Crippen molar-refractivity contribution in [3.8, 4) is 0 Å². The van der Waals surface area contributed by atoms with Gasteiger partial charge in [-0.1, -0.05) is 36.8 Å². The van der Waals surface area contributed by atoms with Crippen molar-refractivity contribution in [3.63, 3.8) is 0 Å². The van der Waals surface area contributed by atoms with Crippen LogP contribution in [-0.4, -0.2) is 28.8 Å². The number of hydrogen-bond acceptors (Lipinski definition) is 4. The summed E-state index contributed by atoms with van der Waals surface area (Å²) in [4.78, 5) is 25.4. The topological polar surface area (TPSA) is 75.5 Å². The molecule has 1 amide bonds. The fourth-order valence-corrected chi connectivity index (χ4v) is 3.48. The number of carbonyl (C=O) groups excluding carboxylic acids is 1. The maximum Gasteiger partial charge on any atom is 0.273 e. The molecule has 3 rings (SSSR count). The van der Waals surface area contributed by atoms with Crippen molar-refractivity contribution in [1.29, 1.82) is 0 Å². The van der Waals surface area contributed by atoms with Crippen molar-refractivity contribution in [2.24, 2.45) is 0 Å². The summed E-state index contributed by atoms with van der Waals surface area (Å²) in [6, 6.07) is 12.8. The van der Waals surface area contributed by atoms with Gasteiger partial charge in [-0.25, -0.2) is 0 Å². The van der Waals surface area contributed by atoms with Gasteiger partial charge in [-0.3, -0.25) is 19.8 Å². The smallest absolute Gasteiger partial charge is 0.273 e. The molecule has 0 unspecified atom stereocenters. The Morgan fingerprint density at radius 1 is 1.07 bits per heavy atom. The molecule has 0 spiro atoms. The molecule has 1 fully saturated rings. The van der Waals surface area contributed by atoms with Crippen LogP contribution >= 0.6 is 0 Å². The number of benzene rings is 2. The Balaban J connectivity index is 1.57. The molecule has 2 aromatic rings. The third-order valence-electron chi connectivity index (χ3n) is 5.08. The Morgan fingerprint density at radius 3 is 2.41 bits per heavy atom. The third-order valence-corrected chi connectivity index (χ3v) is 5.08. The molecule has 1 heterocycles. The first-order valence-corrected chi connectivity index (χ1v) is 9.37. The number of hydrogen-bond donors (Lipinski definition) is 1. The van der Waals surface area contributed by atoms with E-state index < -0.39 is 4.92 Å². The summed E-state index contributed by atoms with van der Waals surface area (Å²) in [6.07, 6.45) is 3.89. The van der Waals surface area contributed by atoms with E-state index in [0.717, 1.165) is 12.1 Å². The Bertz CT molecular complexity index is 812. The van der Waals surface area contributed by atoms with Gasteiger partial charge in [-0.2, -0.15) is 0 Å². The lowest BCUT2D eigenvalue weighted by molar-refractivity contribution is -0.385. The van der Waals surface area contributed by atoms with E-state index in [1.54, 1.807) is 13.0 Å². The van der Waals surface area contributed by atoms with Gasteiger partial charge in [0.25, 0.3) is 11.6 Å². The largest absolute Gasteiger partial charge is 0.348 e. The molecular weight excluding hydrogens is 342 g/mol. The number of likely N-dealkylation sites (tertiary alicyclic amines) is 1. The quantitative estimate of drug-likeness (QED) is 0.622. The molecule has 0 saturated carbocycles. The standard InChI is InChI=1S/C21H25N3O3/c1-16-19(6-5-7-20(16)24(26)27)21(25)22-14-17-8-10-18(11-9-17)15-23-12-3-2-4-13-23/h5-11H,2-4,12-15H2,1H3,(H,22,25). The first-order chi connectivity index (χ1) is 13.0. The van der Waals surface area contributed by atoms with E-state index in [0.29, 0.717) is 17.7 Å². The molecular formula is C21H25N3O3. The van der Waals surface area contributed by atoms with Gasteiger partial charge in [-0.05, 0) is 50.0 Å². The number of piperidine rings is 1. The minimum Gasteiger partial charge on any atom is -0.348 e. The second kappa shape index (κ2) is 8.77. The van der Waals surface area contributed by atoms with Crippen molar-refractivity contribution >= 4 is 11.6 Å². The maximum absolute atomic E-state index is 12.4. The highest BCUT2D eigenvalue weighted by Crippen LogP contribution is 2.21. The number of nitrogens with zero attached hydrogens (tertiary/aromatic N) is 2. The van der Waals surface area contributed by atoms with Gasteiger partial charge in [0.1, 0.15) is 0 Å². The molecule has 6 heteroatoms. The number of rotatable bonds is 6. The second-order valence-electron chi connectivity index (χ2n) is 7.04. The van der Waals surface area contributed by atoms with E-state index in [9.17, 15) is 14.9 Å². The highest BCUT2D eigenvalue weighted by Gasteiger charge is 2.17. The maximum atomic E-state index is 12.4. The fraction of sp³-hybridized carbons (Fsp3) is 0.381. The van der Waals surface area contributed by atoms with Crippen LogP contribution < -0.4 is 5.32 Å². The zero-order valence-corrected chi connectivity index (χ0v) is 15.6. The SMILES string of the molecule is Cc1c(C(=O)NCc2ccc(CN3CCCCC3)cc2)cccc1[N+](=O)[O-]. The van der Waals surface area contributed by atoms with Gasteiger partial charge in [0, 0.05) is 30.3 Å². The highest BCUT2D eigenvalue weighted by atomic mass is 16.6. The van der Waals surface area contributed by atoms with Crippen molar-refractivity contribution in [2.75, 3.05) is 13.1 Å². The van der Waals surface area contributed by atoms with Crippen molar-refractivity contribution in [1.82, 2.24) is 10.2 Å². The van der Waals surface area contributed by atoms with Gasteiger partial charge >= 0.3 is 0 Å². The van der Waals surface area contributed by atoms with E-state index in [1.165, 1.54) is 50.0 Å². The Morgan fingerprint density at radius 2 is 1.74 bits per heavy atom. The van der Waals surface area contributed by atoms with Gasteiger partial charge in [0.2, 0.25) is 0 Å². The minimum absolute atomic E-state index is 0.0373. The zero-order valence-electron chi connectivity index (χ0n) is 15.6. The molecule has 1 saturated heterocycles. The number of nitro benzene ring substituents is 1. The number of nitrogens with one attached hydrogen (secondary N) is 1. The van der Waals surface area contributed by atoms with E-state index >= 15 is 0 Å². The number of carbonyl (C=O) groups is 1. The Labute approximate surface area is 159 Å². The normalized spacial score (nSPS) is 14.7. The van der Waals surface area contributed by atoms with Crippen molar-refractivity contribution in [3.05, 3.63) is 74.8 Å². The van der Waals surface area contributed by atoms with Crippen LogP contribution in [0, 0.1) is 17.0 Å². The fourth-order valence-electron chi connectivity index (χ4n) is 3.48. The van der Waals surface area contributed by atoms with Crippen LogP contribution in [0.1, 0.15) is 46.3 Å². The van der Waals surface area contributed by atoms with Crippen LogP contribution in [0.25, 0.3) is 0 Å². The summed E-state index contributed by atoms with van der Waals surface area (Å²) < 4.78 is 0. The molecule has 1 aliphatic heterocycles. The molecule has 2 aromatic carbocycles. The molecule has 27 heavy (non-hydrogen) atoms. The van der Waals surface area contributed by atoms with Gasteiger partial charge in [0.05, 0.1) is 4.92 Å². The lowest BCUT2D eigenvalue weighted by atomic mass is 10.1. The summed E-state index contributed by atoms with van der Waals surface area (Å²) in [5.41, 5.74) is 2.97. The third kappa shape index (κ3) is 4.92. The van der Waals surface area contributed by atoms with Crippen LogP contribution in [0.15, 0.2) is 42.5 Å². The van der Waals surface area contributed by atoms with Crippen LogP contribution in [-0.2, 0) is 13.1 Å². The first-order valence-electron chi connectivity index (χ1n) is 9.37. The highest BCUT2D eigenvalue weighted by molar-refractivity contribution is 5.96. The molecule has 0 radical (unpaired) electrons. The van der Waals surface area contributed by atoms with Crippen molar-refractivity contribution < 1.29 is 9.72 Å². The van der Waals surface area contributed by atoms with E-state index in [1.807, 2.05) is 12.1 Å². The molecule has 0 atom stereocenters. The predicted octanol–water partition coefficient (Wildman–Crippen LogP) is 3.82. The molecule has 0 aromatic heterocycles. The average molecular weight is 367 g/mol. The van der Waals surface area contributed by atoms with E-state index in [-0.39, 0.29) is 11.6 Å².